The Hall–Kier alpha value is -1.12. The van der Waals surface area contributed by atoms with Crippen LogP contribution in [0, 0.1) is 5.21 Å². The highest BCUT2D eigenvalue weighted by atomic mass is 16.5. The maximum Gasteiger partial charge on any atom is 0.213 e. The number of nitrogens with zero attached hydrogens (tertiary/aromatic N) is 2. The summed E-state index contributed by atoms with van der Waals surface area (Å²) in [6, 6.07) is 0. The van der Waals surface area contributed by atoms with Crippen LogP contribution in [0.5, 0.6) is 0 Å². The van der Waals surface area contributed by atoms with Crippen LogP contribution in [0.1, 0.15) is 25.2 Å². The van der Waals surface area contributed by atoms with Gasteiger partial charge in [0.15, 0.2) is 6.20 Å². The van der Waals surface area contributed by atoms with E-state index in [-0.39, 0.29) is 0 Å². The standard InChI is InChI=1S/C8H12N2O/c1-3-7-8(4-2)10(11)6-5-9-7/h5-6H,3-4H2,1-2H3. The van der Waals surface area contributed by atoms with E-state index in [0.29, 0.717) is 0 Å². The molecule has 0 bridgehead atoms. The molecule has 0 saturated heterocycles. The second-order valence-electron chi connectivity index (χ2n) is 2.35. The summed E-state index contributed by atoms with van der Waals surface area (Å²) in [4.78, 5) is 4.11. The lowest BCUT2D eigenvalue weighted by atomic mass is 10.2. The molecule has 1 heterocycles. The van der Waals surface area contributed by atoms with Crippen molar-refractivity contribution in [3.63, 3.8) is 0 Å². The minimum atomic E-state index is 0.751. The van der Waals surface area contributed by atoms with Gasteiger partial charge in [-0.05, 0) is 6.42 Å². The van der Waals surface area contributed by atoms with E-state index < -0.39 is 0 Å². The molecular weight excluding hydrogens is 140 g/mol. The Kier molecular flexibility index (Phi) is 2.41. The predicted octanol–water partition coefficient (Wildman–Crippen LogP) is 0.840. The SMILES string of the molecule is CCc1ncc[n+]([O-])c1CC. The van der Waals surface area contributed by atoms with Crippen LogP contribution in [-0.2, 0) is 12.8 Å². The summed E-state index contributed by atoms with van der Waals surface area (Å²) in [6.07, 6.45) is 4.57. The first-order valence-corrected chi connectivity index (χ1v) is 3.85. The fourth-order valence-electron chi connectivity index (χ4n) is 1.13. The van der Waals surface area contributed by atoms with Crippen molar-refractivity contribution in [2.75, 3.05) is 0 Å². The molecule has 0 fully saturated rings. The van der Waals surface area contributed by atoms with E-state index in [1.807, 2.05) is 13.8 Å². The van der Waals surface area contributed by atoms with Gasteiger partial charge in [0.2, 0.25) is 5.69 Å². The molecule has 0 aliphatic heterocycles. The number of hydrogen-bond donors (Lipinski definition) is 0. The van der Waals surface area contributed by atoms with E-state index >= 15 is 0 Å². The first kappa shape index (κ1) is 7.98. The topological polar surface area (TPSA) is 39.8 Å². The zero-order valence-corrected chi connectivity index (χ0v) is 6.87. The smallest absolute Gasteiger partial charge is 0.213 e. The minimum absolute atomic E-state index is 0.751. The van der Waals surface area contributed by atoms with Crippen molar-refractivity contribution in [2.45, 2.75) is 26.7 Å². The van der Waals surface area contributed by atoms with Crippen LogP contribution < -0.4 is 4.73 Å². The van der Waals surface area contributed by atoms with Gasteiger partial charge in [0.05, 0.1) is 6.20 Å². The molecular formula is C8H12N2O. The monoisotopic (exact) mass is 152 g/mol. The van der Waals surface area contributed by atoms with E-state index in [1.54, 1.807) is 6.20 Å². The maximum absolute atomic E-state index is 11.1. The summed E-state index contributed by atoms with van der Waals surface area (Å²) in [5.41, 5.74) is 1.69. The molecule has 3 heteroatoms. The fraction of sp³-hybridized carbons (Fsp3) is 0.500. The van der Waals surface area contributed by atoms with Gasteiger partial charge >= 0.3 is 0 Å². The van der Waals surface area contributed by atoms with Crippen LogP contribution in [-0.4, -0.2) is 4.98 Å². The average Bonchev–Trinajstić information content (AvgIpc) is 2.04. The van der Waals surface area contributed by atoms with Gasteiger partial charge in [-0.2, -0.15) is 4.73 Å². The number of hydrogen-bond acceptors (Lipinski definition) is 2. The van der Waals surface area contributed by atoms with Crippen molar-refractivity contribution < 1.29 is 4.73 Å². The molecule has 0 spiro atoms. The largest absolute Gasteiger partial charge is 0.618 e. The number of rotatable bonds is 2. The van der Waals surface area contributed by atoms with Gasteiger partial charge in [0, 0.05) is 6.42 Å². The molecule has 0 unspecified atom stereocenters. The van der Waals surface area contributed by atoms with Crippen LogP contribution in [0.3, 0.4) is 0 Å². The van der Waals surface area contributed by atoms with Crippen LogP contribution in [0.2, 0.25) is 0 Å². The van der Waals surface area contributed by atoms with Crippen molar-refractivity contribution in [1.29, 1.82) is 0 Å². The van der Waals surface area contributed by atoms with Crippen molar-refractivity contribution in [1.82, 2.24) is 4.98 Å². The molecule has 1 aromatic heterocycles. The highest BCUT2D eigenvalue weighted by molar-refractivity contribution is 5.04. The third-order valence-corrected chi connectivity index (χ3v) is 1.70. The highest BCUT2D eigenvalue weighted by Crippen LogP contribution is 2.00. The molecule has 0 amide bonds. The Morgan fingerprint density at radius 2 is 2.18 bits per heavy atom. The lowest BCUT2D eigenvalue weighted by molar-refractivity contribution is -0.615. The van der Waals surface area contributed by atoms with Crippen LogP contribution in [0.4, 0.5) is 0 Å². The third kappa shape index (κ3) is 1.48. The molecule has 0 atom stereocenters. The van der Waals surface area contributed by atoms with Gasteiger partial charge in [-0.1, -0.05) is 13.8 Å². The first-order chi connectivity index (χ1) is 5.29. The third-order valence-electron chi connectivity index (χ3n) is 1.70. The Morgan fingerprint density at radius 1 is 1.45 bits per heavy atom. The van der Waals surface area contributed by atoms with Gasteiger partial charge in [0.1, 0.15) is 5.69 Å². The van der Waals surface area contributed by atoms with E-state index in [2.05, 4.69) is 4.98 Å². The fourth-order valence-corrected chi connectivity index (χ4v) is 1.13. The minimum Gasteiger partial charge on any atom is -0.618 e. The molecule has 0 N–H and O–H groups in total. The van der Waals surface area contributed by atoms with Gasteiger partial charge in [-0.3, -0.25) is 0 Å². The summed E-state index contributed by atoms with van der Waals surface area (Å²) in [7, 11) is 0. The maximum atomic E-state index is 11.1. The first-order valence-electron chi connectivity index (χ1n) is 3.85. The molecule has 60 valence electrons. The van der Waals surface area contributed by atoms with E-state index in [1.165, 1.54) is 6.20 Å². The van der Waals surface area contributed by atoms with Gasteiger partial charge in [0.25, 0.3) is 0 Å². The normalized spacial score (nSPS) is 10.0. The average molecular weight is 152 g/mol. The molecule has 0 saturated carbocycles. The summed E-state index contributed by atoms with van der Waals surface area (Å²) < 4.78 is 0.895. The number of aromatic nitrogens is 2. The van der Waals surface area contributed by atoms with Crippen molar-refractivity contribution in [3.05, 3.63) is 29.0 Å². The second-order valence-corrected chi connectivity index (χ2v) is 2.35. The summed E-state index contributed by atoms with van der Waals surface area (Å²) >= 11 is 0. The molecule has 1 aromatic rings. The Bertz CT molecular complexity index is 248. The van der Waals surface area contributed by atoms with Crippen LogP contribution in [0.25, 0.3) is 0 Å². The Morgan fingerprint density at radius 3 is 2.64 bits per heavy atom. The van der Waals surface area contributed by atoms with Crippen molar-refractivity contribution >= 4 is 0 Å². The van der Waals surface area contributed by atoms with E-state index in [0.717, 1.165) is 29.0 Å². The second kappa shape index (κ2) is 3.32. The predicted molar refractivity (Wildman–Crippen MR) is 42.0 cm³/mol. The molecule has 11 heavy (non-hydrogen) atoms. The lowest BCUT2D eigenvalue weighted by Crippen LogP contribution is -2.32. The van der Waals surface area contributed by atoms with E-state index in [4.69, 9.17) is 0 Å². The quantitative estimate of drug-likeness (QED) is 0.465. The van der Waals surface area contributed by atoms with Gasteiger partial charge < -0.3 is 5.21 Å². The molecule has 3 nitrogen and oxygen atoms in total. The summed E-state index contributed by atoms with van der Waals surface area (Å²) in [5, 5.41) is 11.1. The van der Waals surface area contributed by atoms with Crippen LogP contribution >= 0.6 is 0 Å². The van der Waals surface area contributed by atoms with Crippen LogP contribution in [0.15, 0.2) is 12.4 Å². The van der Waals surface area contributed by atoms with Crippen molar-refractivity contribution in [2.24, 2.45) is 0 Å². The molecule has 0 aromatic carbocycles. The summed E-state index contributed by atoms with van der Waals surface area (Å²) in [5.74, 6) is 0. The molecule has 0 radical (unpaired) electrons. The summed E-state index contributed by atoms with van der Waals surface area (Å²) in [6.45, 7) is 3.96. The van der Waals surface area contributed by atoms with Gasteiger partial charge in [-0.25, -0.2) is 4.98 Å². The Balaban J connectivity index is 3.13. The Labute approximate surface area is 66.3 Å². The number of aryl methyl sites for hydroxylation is 1. The molecule has 0 aliphatic rings. The zero-order chi connectivity index (χ0) is 8.27. The van der Waals surface area contributed by atoms with E-state index in [9.17, 15) is 5.21 Å². The van der Waals surface area contributed by atoms with Gasteiger partial charge in [-0.15, -0.1) is 0 Å². The zero-order valence-electron chi connectivity index (χ0n) is 6.87. The highest BCUT2D eigenvalue weighted by Gasteiger charge is 2.08. The molecule has 0 aliphatic carbocycles. The lowest BCUT2D eigenvalue weighted by Gasteiger charge is -2.04. The van der Waals surface area contributed by atoms with Crippen molar-refractivity contribution in [3.8, 4) is 0 Å². The molecule has 1 rings (SSSR count).